The van der Waals surface area contributed by atoms with Crippen molar-refractivity contribution in [2.24, 2.45) is 0 Å². The smallest absolute Gasteiger partial charge is 0.151 e. The van der Waals surface area contributed by atoms with Crippen molar-refractivity contribution < 1.29 is 8.42 Å². The summed E-state index contributed by atoms with van der Waals surface area (Å²) in [5.74, 6) is 0. The van der Waals surface area contributed by atoms with Crippen molar-refractivity contribution in [2.45, 2.75) is 23.4 Å². The van der Waals surface area contributed by atoms with E-state index in [1.54, 1.807) is 6.92 Å². The third-order valence-electron chi connectivity index (χ3n) is 2.50. The Morgan fingerprint density at radius 3 is 2.50 bits per heavy atom. The third kappa shape index (κ3) is 4.18. The van der Waals surface area contributed by atoms with Gasteiger partial charge in [0.15, 0.2) is 9.84 Å². The van der Waals surface area contributed by atoms with E-state index in [0.29, 0.717) is 6.42 Å². The van der Waals surface area contributed by atoms with Crippen LogP contribution in [0.2, 0.25) is 0 Å². The van der Waals surface area contributed by atoms with Crippen LogP contribution in [0.25, 0.3) is 0 Å². The number of rotatable bonds is 4. The molecule has 2 atom stereocenters. The number of hydrogen-bond acceptors (Lipinski definition) is 2. The number of halogens is 2. The molecule has 0 bridgehead atoms. The lowest BCUT2D eigenvalue weighted by Crippen LogP contribution is -2.27. The van der Waals surface area contributed by atoms with Gasteiger partial charge in [-0.1, -0.05) is 44.0 Å². The lowest BCUT2D eigenvalue weighted by atomic mass is 10.1. The first-order valence-electron chi connectivity index (χ1n) is 4.88. The van der Waals surface area contributed by atoms with E-state index in [0.717, 1.165) is 10.0 Å². The maximum absolute atomic E-state index is 11.4. The molecule has 2 unspecified atom stereocenters. The Morgan fingerprint density at radius 2 is 2.00 bits per heavy atom. The predicted octanol–water partition coefficient (Wildman–Crippen LogP) is 3.19. The van der Waals surface area contributed by atoms with Gasteiger partial charge in [0.2, 0.25) is 0 Å². The largest absolute Gasteiger partial charge is 0.229 e. The first-order chi connectivity index (χ1) is 7.30. The molecule has 0 fully saturated rings. The van der Waals surface area contributed by atoms with Crippen LogP contribution in [0.1, 0.15) is 12.5 Å². The van der Waals surface area contributed by atoms with Gasteiger partial charge in [0, 0.05) is 15.6 Å². The number of alkyl halides is 1. The molecule has 0 radical (unpaired) electrons. The molecule has 0 aliphatic rings. The highest BCUT2D eigenvalue weighted by Gasteiger charge is 2.23. The van der Waals surface area contributed by atoms with Crippen molar-refractivity contribution in [3.8, 4) is 0 Å². The molecule has 1 aromatic carbocycles. The Bertz CT molecular complexity index is 457. The molecular weight excluding hydrogens is 356 g/mol. The fourth-order valence-corrected chi connectivity index (χ4v) is 3.95. The maximum Gasteiger partial charge on any atom is 0.151 e. The Hall–Kier alpha value is 0.130. The molecule has 0 aliphatic heterocycles. The molecule has 0 N–H and O–H groups in total. The van der Waals surface area contributed by atoms with Crippen molar-refractivity contribution in [1.82, 2.24) is 0 Å². The van der Waals surface area contributed by atoms with Crippen LogP contribution in [-0.4, -0.2) is 24.8 Å². The minimum Gasteiger partial charge on any atom is -0.229 e. The van der Waals surface area contributed by atoms with Crippen molar-refractivity contribution in [1.29, 1.82) is 0 Å². The van der Waals surface area contributed by atoms with Gasteiger partial charge in [-0.05, 0) is 31.0 Å². The highest BCUT2D eigenvalue weighted by Crippen LogP contribution is 2.20. The molecule has 0 spiro atoms. The summed E-state index contributed by atoms with van der Waals surface area (Å²) in [5.41, 5.74) is 1.12. The molecule has 0 amide bonds. The molecule has 0 aromatic heterocycles. The lowest BCUT2D eigenvalue weighted by molar-refractivity contribution is 0.586. The fraction of sp³-hybridized carbons (Fsp3) is 0.455. The van der Waals surface area contributed by atoms with E-state index in [9.17, 15) is 8.42 Å². The normalized spacial score (nSPS) is 15.8. The Kier molecular flexibility index (Phi) is 5.01. The summed E-state index contributed by atoms with van der Waals surface area (Å²) < 4.78 is 23.8. The number of benzene rings is 1. The topological polar surface area (TPSA) is 34.1 Å². The lowest BCUT2D eigenvalue weighted by Gasteiger charge is -2.16. The maximum atomic E-state index is 11.4. The summed E-state index contributed by atoms with van der Waals surface area (Å²) in [6.45, 7) is 1.73. The second kappa shape index (κ2) is 5.65. The van der Waals surface area contributed by atoms with E-state index in [-0.39, 0.29) is 10.1 Å². The summed E-state index contributed by atoms with van der Waals surface area (Å²) in [6, 6.07) is 7.90. The molecule has 5 heteroatoms. The van der Waals surface area contributed by atoms with Gasteiger partial charge in [0.25, 0.3) is 0 Å². The van der Waals surface area contributed by atoms with Crippen molar-refractivity contribution >= 4 is 41.7 Å². The van der Waals surface area contributed by atoms with Gasteiger partial charge in [0.05, 0.1) is 5.25 Å². The van der Waals surface area contributed by atoms with Gasteiger partial charge in [-0.3, -0.25) is 0 Å². The molecule has 0 saturated carbocycles. The summed E-state index contributed by atoms with van der Waals surface area (Å²) in [7, 11) is -2.99. The minimum atomic E-state index is -2.99. The average molecular weight is 370 g/mol. The van der Waals surface area contributed by atoms with Crippen LogP contribution in [0.3, 0.4) is 0 Å². The van der Waals surface area contributed by atoms with Crippen molar-refractivity contribution in [2.75, 3.05) is 6.26 Å². The molecule has 0 saturated heterocycles. The number of sulfone groups is 1. The second-order valence-electron chi connectivity index (χ2n) is 3.88. The van der Waals surface area contributed by atoms with E-state index in [2.05, 4.69) is 31.9 Å². The molecule has 2 nitrogen and oxygen atoms in total. The summed E-state index contributed by atoms with van der Waals surface area (Å²) in [6.07, 6.45) is 1.97. The Labute approximate surface area is 114 Å². The van der Waals surface area contributed by atoms with Crippen LogP contribution in [-0.2, 0) is 16.3 Å². The Balaban J connectivity index is 2.75. The molecule has 16 heavy (non-hydrogen) atoms. The van der Waals surface area contributed by atoms with Gasteiger partial charge in [0.1, 0.15) is 0 Å². The number of hydrogen-bond donors (Lipinski definition) is 0. The first-order valence-corrected chi connectivity index (χ1v) is 8.54. The van der Waals surface area contributed by atoms with Crippen LogP contribution in [0, 0.1) is 0 Å². The molecule has 1 rings (SSSR count). The average Bonchev–Trinajstić information content (AvgIpc) is 2.15. The van der Waals surface area contributed by atoms with E-state index in [1.165, 1.54) is 6.26 Å². The standard InChI is InChI=1S/C11H14Br2O2S/c1-8(16(2,14)15)11(13)7-9-4-3-5-10(12)6-9/h3-6,8,11H,7H2,1-2H3. The monoisotopic (exact) mass is 368 g/mol. The summed E-state index contributed by atoms with van der Waals surface area (Å²) >= 11 is 6.84. The van der Waals surface area contributed by atoms with Crippen LogP contribution in [0.15, 0.2) is 28.7 Å². The van der Waals surface area contributed by atoms with E-state index >= 15 is 0 Å². The highest BCUT2D eigenvalue weighted by atomic mass is 79.9. The summed E-state index contributed by atoms with van der Waals surface area (Å²) in [5, 5.41) is -0.383. The predicted molar refractivity (Wildman–Crippen MR) is 74.9 cm³/mol. The quantitative estimate of drug-likeness (QED) is 0.763. The zero-order chi connectivity index (χ0) is 12.3. The second-order valence-corrected chi connectivity index (χ2v) is 8.38. The van der Waals surface area contributed by atoms with Gasteiger partial charge >= 0.3 is 0 Å². The zero-order valence-electron chi connectivity index (χ0n) is 9.15. The Morgan fingerprint density at radius 1 is 1.38 bits per heavy atom. The molecule has 1 aromatic rings. The molecule has 0 aliphatic carbocycles. The molecule has 90 valence electrons. The molecule has 0 heterocycles. The first kappa shape index (κ1) is 14.2. The van der Waals surface area contributed by atoms with Gasteiger partial charge < -0.3 is 0 Å². The van der Waals surface area contributed by atoms with E-state index in [4.69, 9.17) is 0 Å². The van der Waals surface area contributed by atoms with E-state index < -0.39 is 9.84 Å². The zero-order valence-corrected chi connectivity index (χ0v) is 13.1. The highest BCUT2D eigenvalue weighted by molar-refractivity contribution is 9.10. The SMILES string of the molecule is CC(C(Br)Cc1cccc(Br)c1)S(C)(=O)=O. The fourth-order valence-electron chi connectivity index (χ4n) is 1.32. The van der Waals surface area contributed by atoms with E-state index in [1.807, 2.05) is 24.3 Å². The van der Waals surface area contributed by atoms with Crippen LogP contribution in [0.5, 0.6) is 0 Å². The minimum absolute atomic E-state index is 0.0585. The van der Waals surface area contributed by atoms with Crippen LogP contribution in [0.4, 0.5) is 0 Å². The van der Waals surface area contributed by atoms with Gasteiger partial charge in [-0.2, -0.15) is 0 Å². The summed E-state index contributed by atoms with van der Waals surface area (Å²) in [4.78, 5) is -0.0585. The van der Waals surface area contributed by atoms with Crippen molar-refractivity contribution in [3.05, 3.63) is 34.3 Å². The van der Waals surface area contributed by atoms with Crippen molar-refractivity contribution in [3.63, 3.8) is 0 Å². The molecular formula is C11H14Br2O2S. The van der Waals surface area contributed by atoms with Gasteiger partial charge in [-0.15, -0.1) is 0 Å². The van der Waals surface area contributed by atoms with Crippen LogP contribution >= 0.6 is 31.9 Å². The third-order valence-corrected chi connectivity index (χ3v) is 6.14. The van der Waals surface area contributed by atoms with Gasteiger partial charge in [-0.25, -0.2) is 8.42 Å². The van der Waals surface area contributed by atoms with Crippen LogP contribution < -0.4 is 0 Å².